The van der Waals surface area contributed by atoms with E-state index in [1.165, 1.54) is 12.8 Å². The van der Waals surface area contributed by atoms with Gasteiger partial charge in [0.15, 0.2) is 5.82 Å². The van der Waals surface area contributed by atoms with Crippen LogP contribution in [0.25, 0.3) is 0 Å². The summed E-state index contributed by atoms with van der Waals surface area (Å²) in [5, 5.41) is 13.7. The van der Waals surface area contributed by atoms with Crippen LogP contribution in [0.3, 0.4) is 0 Å². The Morgan fingerprint density at radius 3 is 2.83 bits per heavy atom. The van der Waals surface area contributed by atoms with Crippen molar-refractivity contribution in [3.8, 4) is 0 Å². The summed E-state index contributed by atoms with van der Waals surface area (Å²) in [6.45, 7) is 7.49. The third-order valence-electron chi connectivity index (χ3n) is 4.07. The topological polar surface area (TPSA) is 97.9 Å². The highest BCUT2D eigenvalue weighted by molar-refractivity contribution is 5.89. The summed E-state index contributed by atoms with van der Waals surface area (Å²) in [5.74, 6) is 1.60. The Morgan fingerprint density at radius 1 is 1.48 bits per heavy atom. The molecule has 1 saturated carbocycles. The Bertz CT molecular complexity index is 700. The highest BCUT2D eigenvalue weighted by Gasteiger charge is 2.31. The van der Waals surface area contributed by atoms with Gasteiger partial charge >= 0.3 is 6.03 Å². The van der Waals surface area contributed by atoms with Crippen molar-refractivity contribution in [3.63, 3.8) is 0 Å². The molecule has 0 saturated heterocycles. The van der Waals surface area contributed by atoms with E-state index in [0.29, 0.717) is 29.4 Å². The molecule has 0 aliphatic heterocycles. The van der Waals surface area contributed by atoms with Gasteiger partial charge in [-0.3, -0.25) is 4.68 Å². The second-order valence-corrected chi connectivity index (χ2v) is 6.64. The minimum Gasteiger partial charge on any atom is -0.337 e. The number of hydrogen-bond donors (Lipinski definition) is 2. The van der Waals surface area contributed by atoms with E-state index >= 15 is 0 Å². The first-order valence-corrected chi connectivity index (χ1v) is 7.79. The first-order valence-electron chi connectivity index (χ1n) is 7.79. The molecular weight excluding hydrogens is 296 g/mol. The molecule has 0 spiro atoms. The van der Waals surface area contributed by atoms with Gasteiger partial charge in [-0.1, -0.05) is 5.16 Å². The maximum absolute atomic E-state index is 12.2. The molecule has 124 valence electrons. The lowest BCUT2D eigenvalue weighted by Crippen LogP contribution is -2.43. The molecule has 1 aliphatic rings. The number of anilines is 1. The second kappa shape index (κ2) is 5.68. The smallest absolute Gasteiger partial charge is 0.320 e. The van der Waals surface area contributed by atoms with Crippen LogP contribution in [0.2, 0.25) is 0 Å². The van der Waals surface area contributed by atoms with E-state index in [9.17, 15) is 4.79 Å². The van der Waals surface area contributed by atoms with Gasteiger partial charge in [0, 0.05) is 6.20 Å². The first-order chi connectivity index (χ1) is 10.8. The summed E-state index contributed by atoms with van der Waals surface area (Å²) < 4.78 is 7.03. The fourth-order valence-corrected chi connectivity index (χ4v) is 2.47. The molecule has 8 heteroatoms. The number of hydrogen-bond acceptors (Lipinski definition) is 5. The largest absolute Gasteiger partial charge is 0.337 e. The number of rotatable bonds is 5. The molecular formula is C15H22N6O2. The molecule has 2 amide bonds. The average Bonchev–Trinajstić information content (AvgIpc) is 3.06. The maximum atomic E-state index is 12.2. The molecule has 0 radical (unpaired) electrons. The van der Waals surface area contributed by atoms with Gasteiger partial charge in [0.1, 0.15) is 5.54 Å². The molecule has 2 N–H and O–H groups in total. The van der Waals surface area contributed by atoms with Crippen molar-refractivity contribution in [1.82, 2.24) is 25.2 Å². The molecule has 8 nitrogen and oxygen atoms in total. The molecule has 3 rings (SSSR count). The molecule has 23 heavy (non-hydrogen) atoms. The highest BCUT2D eigenvalue weighted by Crippen LogP contribution is 2.39. The van der Waals surface area contributed by atoms with Crippen LogP contribution < -0.4 is 10.6 Å². The number of nitrogens with zero attached hydrogens (tertiary/aromatic N) is 4. The van der Waals surface area contributed by atoms with E-state index in [1.54, 1.807) is 27.0 Å². The van der Waals surface area contributed by atoms with Gasteiger partial charge < -0.3 is 15.2 Å². The van der Waals surface area contributed by atoms with E-state index in [4.69, 9.17) is 4.52 Å². The third-order valence-corrected chi connectivity index (χ3v) is 4.07. The lowest BCUT2D eigenvalue weighted by atomic mass is 10.1. The van der Waals surface area contributed by atoms with Crippen LogP contribution in [-0.2, 0) is 5.54 Å². The predicted octanol–water partition coefficient (Wildman–Crippen LogP) is 2.60. The van der Waals surface area contributed by atoms with Crippen molar-refractivity contribution in [2.24, 2.45) is 5.92 Å². The lowest BCUT2D eigenvalue weighted by molar-refractivity contribution is 0.228. The monoisotopic (exact) mass is 318 g/mol. The molecule has 2 heterocycles. The Balaban J connectivity index is 1.60. The van der Waals surface area contributed by atoms with Crippen molar-refractivity contribution in [2.45, 2.75) is 52.1 Å². The number of carbonyl (C=O) groups excluding carboxylic acids is 1. The van der Waals surface area contributed by atoms with Crippen LogP contribution in [0.1, 0.15) is 51.4 Å². The summed E-state index contributed by atoms with van der Waals surface area (Å²) in [6.07, 6.45) is 6.01. The lowest BCUT2D eigenvalue weighted by Gasteiger charge is -2.21. The number of amides is 2. The van der Waals surface area contributed by atoms with Gasteiger partial charge in [-0.05, 0) is 46.5 Å². The summed E-state index contributed by atoms with van der Waals surface area (Å²) in [5.41, 5.74) is -0.102. The normalized spacial score (nSPS) is 16.2. The van der Waals surface area contributed by atoms with Crippen LogP contribution in [0.15, 0.2) is 16.9 Å². The zero-order chi connectivity index (χ0) is 16.6. The van der Waals surface area contributed by atoms with E-state index in [-0.39, 0.29) is 6.03 Å². The fraction of sp³-hybridized carbons (Fsp3) is 0.600. The van der Waals surface area contributed by atoms with Crippen LogP contribution >= 0.6 is 0 Å². The maximum Gasteiger partial charge on any atom is 0.320 e. The molecule has 1 fully saturated rings. The van der Waals surface area contributed by atoms with Crippen LogP contribution in [0.5, 0.6) is 0 Å². The van der Waals surface area contributed by atoms with Gasteiger partial charge in [0.05, 0.1) is 17.9 Å². The Hall–Kier alpha value is -2.38. The second-order valence-electron chi connectivity index (χ2n) is 6.64. The van der Waals surface area contributed by atoms with E-state index in [2.05, 4.69) is 32.8 Å². The van der Waals surface area contributed by atoms with Gasteiger partial charge in [-0.15, -0.1) is 0 Å². The Kier molecular flexibility index (Phi) is 3.83. The Labute approximate surface area is 134 Å². The third kappa shape index (κ3) is 3.52. The van der Waals surface area contributed by atoms with Crippen molar-refractivity contribution >= 4 is 11.7 Å². The van der Waals surface area contributed by atoms with Crippen LogP contribution in [0, 0.1) is 12.8 Å². The average molecular weight is 318 g/mol. The van der Waals surface area contributed by atoms with Gasteiger partial charge in [-0.25, -0.2) is 4.79 Å². The number of urea groups is 1. The SMILES string of the molecule is Cc1noc(C(C)(C)NC(=O)Nc2cnn([C@@H](C)C3CC3)c2)n1. The summed E-state index contributed by atoms with van der Waals surface area (Å²) in [6, 6.07) is 0.0240. The van der Waals surface area contributed by atoms with Crippen molar-refractivity contribution in [3.05, 3.63) is 24.1 Å². The summed E-state index contributed by atoms with van der Waals surface area (Å²) in [4.78, 5) is 16.3. The molecule has 2 aromatic heterocycles. The number of aryl methyl sites for hydroxylation is 1. The van der Waals surface area contributed by atoms with E-state index in [1.807, 2.05) is 10.9 Å². The number of carbonyl (C=O) groups is 1. The van der Waals surface area contributed by atoms with E-state index in [0.717, 1.165) is 0 Å². The number of aromatic nitrogens is 4. The van der Waals surface area contributed by atoms with E-state index < -0.39 is 5.54 Å². The molecule has 2 aromatic rings. The molecule has 1 atom stereocenters. The van der Waals surface area contributed by atoms with Gasteiger partial charge in [0.25, 0.3) is 5.89 Å². The van der Waals surface area contributed by atoms with Gasteiger partial charge in [0.2, 0.25) is 0 Å². The molecule has 0 aromatic carbocycles. The minimum absolute atomic E-state index is 0.343. The van der Waals surface area contributed by atoms with Crippen molar-refractivity contribution in [2.75, 3.05) is 5.32 Å². The Morgan fingerprint density at radius 2 is 2.22 bits per heavy atom. The minimum atomic E-state index is -0.761. The highest BCUT2D eigenvalue weighted by atomic mass is 16.5. The molecule has 1 aliphatic carbocycles. The number of nitrogens with one attached hydrogen (secondary N) is 2. The fourth-order valence-electron chi connectivity index (χ4n) is 2.47. The summed E-state index contributed by atoms with van der Waals surface area (Å²) >= 11 is 0. The molecule has 0 unspecified atom stereocenters. The quantitative estimate of drug-likeness (QED) is 0.883. The standard InChI is InChI=1S/C15H22N6O2/c1-9(11-5-6-11)21-8-12(7-16-21)18-14(22)19-15(3,4)13-17-10(2)20-23-13/h7-9,11H,5-6H2,1-4H3,(H2,18,19,22)/t9-/m0/s1. The summed E-state index contributed by atoms with van der Waals surface area (Å²) in [7, 11) is 0. The van der Waals surface area contributed by atoms with Gasteiger partial charge in [-0.2, -0.15) is 10.1 Å². The first kappa shape index (κ1) is 15.5. The zero-order valence-corrected chi connectivity index (χ0v) is 13.8. The van der Waals surface area contributed by atoms with Crippen LogP contribution in [0.4, 0.5) is 10.5 Å². The van der Waals surface area contributed by atoms with Crippen LogP contribution in [-0.4, -0.2) is 26.0 Å². The zero-order valence-electron chi connectivity index (χ0n) is 13.8. The molecule has 0 bridgehead atoms. The van der Waals surface area contributed by atoms with Crippen molar-refractivity contribution < 1.29 is 9.32 Å². The van der Waals surface area contributed by atoms with Crippen molar-refractivity contribution in [1.29, 1.82) is 0 Å². The predicted molar refractivity (Wildman–Crippen MR) is 83.9 cm³/mol.